The summed E-state index contributed by atoms with van der Waals surface area (Å²) in [4.78, 5) is 12.3. The van der Waals surface area contributed by atoms with Gasteiger partial charge in [0.25, 0.3) is 0 Å². The van der Waals surface area contributed by atoms with Gasteiger partial charge in [0.05, 0.1) is 23.2 Å². The molecule has 1 atom stereocenters. The number of aromatic nitrogens is 1. The Morgan fingerprint density at radius 2 is 2.13 bits per heavy atom. The molecule has 0 aliphatic carbocycles. The van der Waals surface area contributed by atoms with E-state index in [4.69, 9.17) is 14.7 Å². The fourth-order valence-corrected chi connectivity index (χ4v) is 2.64. The summed E-state index contributed by atoms with van der Waals surface area (Å²) in [5.41, 5.74) is 2.17. The molecule has 0 amide bonds. The summed E-state index contributed by atoms with van der Waals surface area (Å²) in [7, 11) is 0. The molecule has 5 heteroatoms. The second-order valence-corrected chi connectivity index (χ2v) is 5.12. The molecule has 23 heavy (non-hydrogen) atoms. The van der Waals surface area contributed by atoms with Crippen LogP contribution in [0.1, 0.15) is 24.2 Å². The minimum Gasteiger partial charge on any atom is -0.476 e. The predicted molar refractivity (Wildman–Crippen MR) is 86.6 cm³/mol. The van der Waals surface area contributed by atoms with E-state index in [0.29, 0.717) is 17.9 Å². The van der Waals surface area contributed by atoms with Crippen LogP contribution in [0, 0.1) is 11.3 Å². The lowest BCUT2D eigenvalue weighted by atomic mass is 10.1. The quantitative estimate of drug-likeness (QED) is 0.691. The van der Waals surface area contributed by atoms with Crippen LogP contribution in [0.25, 0.3) is 16.4 Å². The number of nitrogens with zero attached hydrogens (tertiary/aromatic N) is 2. The Morgan fingerprint density at radius 3 is 2.87 bits per heavy atom. The van der Waals surface area contributed by atoms with Crippen molar-refractivity contribution in [1.29, 1.82) is 5.26 Å². The van der Waals surface area contributed by atoms with E-state index in [9.17, 15) is 4.79 Å². The number of nitriles is 1. The van der Waals surface area contributed by atoms with Gasteiger partial charge in [0.1, 0.15) is 11.8 Å². The number of hydrogen-bond acceptors (Lipinski definition) is 4. The van der Waals surface area contributed by atoms with Crippen molar-refractivity contribution >= 4 is 22.4 Å². The molecule has 0 saturated heterocycles. The summed E-state index contributed by atoms with van der Waals surface area (Å²) in [6, 6.07) is 13.1. The molecule has 2 heterocycles. The molecular weight excluding hydrogens is 292 g/mol. The molecule has 0 N–H and O–H groups in total. The van der Waals surface area contributed by atoms with Crippen molar-refractivity contribution in [3.63, 3.8) is 0 Å². The first-order valence-corrected chi connectivity index (χ1v) is 7.42. The standard InChI is InChI=1S/C18H16N2O3/c1-3-22-18(21)17-14-8-7-13(23-12(2)11-19)10-16(14)20-9-5-4-6-15(17)20/h4-10,12H,3H2,1-2H3. The summed E-state index contributed by atoms with van der Waals surface area (Å²) in [6.07, 6.45) is 1.35. The largest absolute Gasteiger partial charge is 0.476 e. The second-order valence-electron chi connectivity index (χ2n) is 5.12. The number of esters is 1. The Kier molecular flexibility index (Phi) is 3.90. The molecule has 3 aromatic rings. The van der Waals surface area contributed by atoms with Crippen LogP contribution in [0.5, 0.6) is 5.75 Å². The van der Waals surface area contributed by atoms with Gasteiger partial charge in [-0.15, -0.1) is 0 Å². The summed E-state index contributed by atoms with van der Waals surface area (Å²) < 4.78 is 12.7. The van der Waals surface area contributed by atoms with Crippen LogP contribution in [0.4, 0.5) is 0 Å². The van der Waals surface area contributed by atoms with Gasteiger partial charge in [-0.3, -0.25) is 0 Å². The van der Waals surface area contributed by atoms with Gasteiger partial charge in [0.2, 0.25) is 0 Å². The monoisotopic (exact) mass is 308 g/mol. The van der Waals surface area contributed by atoms with Gasteiger partial charge >= 0.3 is 5.97 Å². The van der Waals surface area contributed by atoms with Crippen molar-refractivity contribution in [3.8, 4) is 11.8 Å². The van der Waals surface area contributed by atoms with Crippen LogP contribution < -0.4 is 4.74 Å². The Bertz CT molecular complexity index is 921. The van der Waals surface area contributed by atoms with Gasteiger partial charge in [-0.2, -0.15) is 5.26 Å². The molecule has 0 bridgehead atoms. The minimum atomic E-state index is -0.539. The van der Waals surface area contributed by atoms with E-state index in [0.717, 1.165) is 16.4 Å². The van der Waals surface area contributed by atoms with Gasteiger partial charge in [0, 0.05) is 17.6 Å². The van der Waals surface area contributed by atoms with Gasteiger partial charge in [-0.1, -0.05) is 6.07 Å². The molecule has 0 fully saturated rings. The molecule has 5 nitrogen and oxygen atoms in total. The van der Waals surface area contributed by atoms with Crippen molar-refractivity contribution in [2.24, 2.45) is 0 Å². The number of rotatable bonds is 4. The molecule has 116 valence electrons. The van der Waals surface area contributed by atoms with Crippen LogP contribution in [-0.4, -0.2) is 23.1 Å². The number of carbonyl (C=O) groups is 1. The van der Waals surface area contributed by atoms with E-state index in [-0.39, 0.29) is 5.97 Å². The van der Waals surface area contributed by atoms with Crippen LogP contribution >= 0.6 is 0 Å². The first-order valence-electron chi connectivity index (χ1n) is 7.42. The number of fused-ring (bicyclic) bond motifs is 3. The Morgan fingerprint density at radius 1 is 1.30 bits per heavy atom. The SMILES string of the molecule is CCOC(=O)c1c2ccc(OC(C)C#N)cc2n2ccccc12. The average Bonchev–Trinajstić information content (AvgIpc) is 2.89. The highest BCUT2D eigenvalue weighted by Gasteiger charge is 2.19. The van der Waals surface area contributed by atoms with E-state index in [2.05, 4.69) is 0 Å². The van der Waals surface area contributed by atoms with E-state index >= 15 is 0 Å². The van der Waals surface area contributed by atoms with Crippen LogP contribution in [0.2, 0.25) is 0 Å². The molecule has 0 aliphatic heterocycles. The predicted octanol–water partition coefficient (Wildman–Crippen LogP) is 3.56. The van der Waals surface area contributed by atoms with Gasteiger partial charge in [-0.05, 0) is 38.1 Å². The Balaban J connectivity index is 2.23. The maximum atomic E-state index is 12.3. The second kappa shape index (κ2) is 6.01. The van der Waals surface area contributed by atoms with Crippen LogP contribution in [0.15, 0.2) is 42.6 Å². The third kappa shape index (κ3) is 2.59. The molecule has 0 aliphatic rings. The van der Waals surface area contributed by atoms with Gasteiger partial charge in [0.15, 0.2) is 6.10 Å². The highest BCUT2D eigenvalue weighted by atomic mass is 16.5. The van der Waals surface area contributed by atoms with E-state index in [1.54, 1.807) is 19.9 Å². The lowest BCUT2D eigenvalue weighted by Crippen LogP contribution is -2.08. The van der Waals surface area contributed by atoms with Crippen LogP contribution in [0.3, 0.4) is 0 Å². The summed E-state index contributed by atoms with van der Waals surface area (Å²) in [5, 5.41) is 9.67. The average molecular weight is 308 g/mol. The summed E-state index contributed by atoms with van der Waals surface area (Å²) in [6.45, 7) is 3.80. The van der Waals surface area contributed by atoms with Crippen molar-refractivity contribution < 1.29 is 14.3 Å². The molecule has 1 aromatic carbocycles. The van der Waals surface area contributed by atoms with E-state index < -0.39 is 6.10 Å². The molecule has 0 saturated carbocycles. The highest BCUT2D eigenvalue weighted by molar-refractivity contribution is 6.11. The number of hydrogen-bond donors (Lipinski definition) is 0. The van der Waals surface area contributed by atoms with Gasteiger partial charge < -0.3 is 13.9 Å². The maximum absolute atomic E-state index is 12.3. The lowest BCUT2D eigenvalue weighted by molar-refractivity contribution is 0.0531. The van der Waals surface area contributed by atoms with Gasteiger partial charge in [-0.25, -0.2) is 4.79 Å². The maximum Gasteiger partial charge on any atom is 0.340 e. The Labute approximate surface area is 133 Å². The minimum absolute atomic E-state index is 0.325. The summed E-state index contributed by atoms with van der Waals surface area (Å²) >= 11 is 0. The number of ether oxygens (including phenoxy) is 2. The zero-order chi connectivity index (χ0) is 16.4. The highest BCUT2D eigenvalue weighted by Crippen LogP contribution is 2.30. The third-order valence-corrected chi connectivity index (χ3v) is 3.59. The molecular formula is C18H16N2O3. The normalized spacial score (nSPS) is 12.0. The topological polar surface area (TPSA) is 63.7 Å². The number of benzene rings is 1. The van der Waals surface area contributed by atoms with E-state index in [1.807, 2.05) is 47.0 Å². The molecule has 1 unspecified atom stereocenters. The Hall–Kier alpha value is -3.00. The lowest BCUT2D eigenvalue weighted by Gasteiger charge is -2.07. The van der Waals surface area contributed by atoms with E-state index in [1.165, 1.54) is 0 Å². The number of carbonyl (C=O) groups excluding carboxylic acids is 1. The van der Waals surface area contributed by atoms with Crippen molar-refractivity contribution in [3.05, 3.63) is 48.2 Å². The fraction of sp³-hybridized carbons (Fsp3) is 0.222. The molecule has 0 spiro atoms. The summed E-state index contributed by atoms with van der Waals surface area (Å²) in [5.74, 6) is 0.246. The smallest absolute Gasteiger partial charge is 0.340 e. The molecule has 3 rings (SSSR count). The van der Waals surface area contributed by atoms with Crippen LogP contribution in [-0.2, 0) is 4.74 Å². The molecule has 0 radical (unpaired) electrons. The first-order chi connectivity index (χ1) is 11.2. The zero-order valence-electron chi connectivity index (χ0n) is 12.9. The van der Waals surface area contributed by atoms with Crippen molar-refractivity contribution in [2.75, 3.05) is 6.61 Å². The molecule has 2 aromatic heterocycles. The number of pyridine rings is 1. The van der Waals surface area contributed by atoms with Crippen molar-refractivity contribution in [1.82, 2.24) is 4.40 Å². The fourth-order valence-electron chi connectivity index (χ4n) is 2.64. The third-order valence-electron chi connectivity index (χ3n) is 3.59. The first kappa shape index (κ1) is 14.9. The van der Waals surface area contributed by atoms with Crippen molar-refractivity contribution in [2.45, 2.75) is 20.0 Å². The zero-order valence-corrected chi connectivity index (χ0v) is 12.9.